The molecule has 1 aliphatic heterocycles. The second kappa shape index (κ2) is 3.03. The van der Waals surface area contributed by atoms with Crippen molar-refractivity contribution in [3.05, 3.63) is 34.3 Å². The Labute approximate surface area is 78.8 Å². The highest BCUT2D eigenvalue weighted by molar-refractivity contribution is 9.10. The van der Waals surface area contributed by atoms with E-state index in [4.69, 9.17) is 0 Å². The predicted molar refractivity (Wildman–Crippen MR) is 53.9 cm³/mol. The lowest BCUT2D eigenvalue weighted by molar-refractivity contribution is 1.38. The van der Waals surface area contributed by atoms with Crippen LogP contribution in [0.4, 0.5) is 0 Å². The molecule has 1 aliphatic rings. The lowest BCUT2D eigenvalue weighted by atomic mass is 10.2. The highest BCUT2D eigenvalue weighted by Crippen LogP contribution is 2.30. The van der Waals surface area contributed by atoms with E-state index in [0.717, 1.165) is 5.75 Å². The second-order valence-corrected chi connectivity index (χ2v) is 4.37. The molecule has 2 heteroatoms. The third-order valence-corrected chi connectivity index (χ3v) is 3.13. The Morgan fingerprint density at radius 2 is 2.27 bits per heavy atom. The van der Waals surface area contributed by atoms with Gasteiger partial charge in [-0.3, -0.25) is 0 Å². The molecular weight excluding hydrogens is 220 g/mol. The quantitative estimate of drug-likeness (QED) is 0.652. The number of fused-ring (bicyclic) bond motifs is 1. The lowest BCUT2D eigenvalue weighted by Crippen LogP contribution is -1.86. The van der Waals surface area contributed by atoms with E-state index in [2.05, 4.69) is 46.3 Å². The maximum Gasteiger partial charge on any atom is 0.0186 e. The van der Waals surface area contributed by atoms with Crippen molar-refractivity contribution in [1.82, 2.24) is 0 Å². The largest absolute Gasteiger partial charge is 0.121 e. The van der Waals surface area contributed by atoms with E-state index < -0.39 is 0 Å². The zero-order valence-electron chi connectivity index (χ0n) is 5.88. The first-order valence-corrected chi connectivity index (χ1v) is 5.23. The summed E-state index contributed by atoms with van der Waals surface area (Å²) in [5.41, 5.74) is 1.34. The summed E-state index contributed by atoms with van der Waals surface area (Å²) in [4.78, 5) is 1.38. The van der Waals surface area contributed by atoms with Crippen LogP contribution >= 0.6 is 27.7 Å². The summed E-state index contributed by atoms with van der Waals surface area (Å²) < 4.78 is 1.17. The Balaban J connectivity index is 2.53. The molecule has 1 aromatic carbocycles. The standard InChI is InChI=1S/C9H7BrS/c10-8-4-3-7-2-1-5-11-9(7)6-8/h1-4,6H,5H2. The van der Waals surface area contributed by atoms with Crippen molar-refractivity contribution in [2.75, 3.05) is 5.75 Å². The summed E-state index contributed by atoms with van der Waals surface area (Å²) in [6.07, 6.45) is 4.37. The van der Waals surface area contributed by atoms with Gasteiger partial charge in [-0.2, -0.15) is 0 Å². The normalized spacial score (nSPS) is 14.6. The second-order valence-electron chi connectivity index (χ2n) is 2.40. The summed E-state index contributed by atoms with van der Waals surface area (Å²) in [5, 5.41) is 0. The average Bonchev–Trinajstić information content (AvgIpc) is 2.04. The fourth-order valence-corrected chi connectivity index (χ4v) is 2.48. The number of hydrogen-bond donors (Lipinski definition) is 0. The summed E-state index contributed by atoms with van der Waals surface area (Å²) in [5.74, 6) is 1.10. The van der Waals surface area contributed by atoms with Gasteiger partial charge in [-0.05, 0) is 17.7 Å². The first-order valence-electron chi connectivity index (χ1n) is 3.45. The van der Waals surface area contributed by atoms with Crippen LogP contribution in [0.2, 0.25) is 0 Å². The van der Waals surface area contributed by atoms with E-state index in [0.29, 0.717) is 0 Å². The van der Waals surface area contributed by atoms with Gasteiger partial charge in [-0.1, -0.05) is 34.1 Å². The summed E-state index contributed by atoms with van der Waals surface area (Å²) in [6.45, 7) is 0. The molecule has 0 aliphatic carbocycles. The predicted octanol–water partition coefficient (Wildman–Crippen LogP) is 3.57. The number of thioether (sulfide) groups is 1. The van der Waals surface area contributed by atoms with Gasteiger partial charge in [0.05, 0.1) is 0 Å². The molecule has 0 saturated heterocycles. The minimum atomic E-state index is 1.10. The van der Waals surface area contributed by atoms with Gasteiger partial charge in [0.15, 0.2) is 0 Å². The van der Waals surface area contributed by atoms with Gasteiger partial charge in [0, 0.05) is 15.1 Å². The summed E-state index contributed by atoms with van der Waals surface area (Å²) in [7, 11) is 0. The zero-order chi connectivity index (χ0) is 7.68. The number of rotatable bonds is 0. The van der Waals surface area contributed by atoms with E-state index in [9.17, 15) is 0 Å². The van der Waals surface area contributed by atoms with Crippen molar-refractivity contribution >= 4 is 33.8 Å². The molecule has 1 heterocycles. The van der Waals surface area contributed by atoms with Crippen molar-refractivity contribution in [1.29, 1.82) is 0 Å². The van der Waals surface area contributed by atoms with Gasteiger partial charge in [-0.25, -0.2) is 0 Å². The molecule has 0 atom stereocenters. The van der Waals surface area contributed by atoms with E-state index in [-0.39, 0.29) is 0 Å². The molecule has 0 spiro atoms. The Morgan fingerprint density at radius 3 is 3.18 bits per heavy atom. The Hall–Kier alpha value is -0.210. The number of benzene rings is 1. The molecule has 2 rings (SSSR count). The van der Waals surface area contributed by atoms with Crippen molar-refractivity contribution in [3.63, 3.8) is 0 Å². The van der Waals surface area contributed by atoms with Gasteiger partial charge in [0.25, 0.3) is 0 Å². The SMILES string of the molecule is Brc1ccc2c(c1)SCC=C2. The molecule has 11 heavy (non-hydrogen) atoms. The van der Waals surface area contributed by atoms with Crippen LogP contribution in [-0.4, -0.2) is 5.75 Å². The minimum absolute atomic E-state index is 1.10. The molecule has 0 fully saturated rings. The van der Waals surface area contributed by atoms with Gasteiger partial charge < -0.3 is 0 Å². The fraction of sp³-hybridized carbons (Fsp3) is 0.111. The molecular formula is C9H7BrS. The van der Waals surface area contributed by atoms with Gasteiger partial charge >= 0.3 is 0 Å². The smallest absolute Gasteiger partial charge is 0.0186 e. The van der Waals surface area contributed by atoms with Crippen LogP contribution in [0.15, 0.2) is 33.6 Å². The van der Waals surface area contributed by atoms with Crippen LogP contribution in [0.1, 0.15) is 5.56 Å². The minimum Gasteiger partial charge on any atom is -0.121 e. The number of halogens is 1. The molecule has 0 radical (unpaired) electrons. The van der Waals surface area contributed by atoms with E-state index >= 15 is 0 Å². The molecule has 0 amide bonds. The van der Waals surface area contributed by atoms with E-state index in [1.807, 2.05) is 11.8 Å². The zero-order valence-corrected chi connectivity index (χ0v) is 8.28. The monoisotopic (exact) mass is 226 g/mol. The van der Waals surface area contributed by atoms with Crippen LogP contribution in [0.25, 0.3) is 6.08 Å². The van der Waals surface area contributed by atoms with Crippen molar-refractivity contribution in [2.45, 2.75) is 4.90 Å². The molecule has 0 aromatic heterocycles. The molecule has 0 unspecified atom stereocenters. The van der Waals surface area contributed by atoms with Crippen molar-refractivity contribution in [2.24, 2.45) is 0 Å². The van der Waals surface area contributed by atoms with Crippen molar-refractivity contribution in [3.8, 4) is 0 Å². The highest BCUT2D eigenvalue weighted by atomic mass is 79.9. The van der Waals surface area contributed by atoms with Gasteiger partial charge in [0.2, 0.25) is 0 Å². The van der Waals surface area contributed by atoms with Crippen LogP contribution in [0.5, 0.6) is 0 Å². The topological polar surface area (TPSA) is 0 Å². The van der Waals surface area contributed by atoms with Crippen LogP contribution in [-0.2, 0) is 0 Å². The van der Waals surface area contributed by atoms with E-state index in [1.165, 1.54) is 14.9 Å². The molecule has 0 bridgehead atoms. The molecule has 0 N–H and O–H groups in total. The average molecular weight is 227 g/mol. The third-order valence-electron chi connectivity index (χ3n) is 1.61. The van der Waals surface area contributed by atoms with Gasteiger partial charge in [-0.15, -0.1) is 11.8 Å². The summed E-state index contributed by atoms with van der Waals surface area (Å²) >= 11 is 5.34. The Kier molecular flexibility index (Phi) is 2.05. The lowest BCUT2D eigenvalue weighted by Gasteiger charge is -2.08. The van der Waals surface area contributed by atoms with Gasteiger partial charge in [0.1, 0.15) is 0 Å². The van der Waals surface area contributed by atoms with E-state index in [1.54, 1.807) is 0 Å². The first-order chi connectivity index (χ1) is 5.36. The fourth-order valence-electron chi connectivity index (χ4n) is 1.08. The molecule has 0 saturated carbocycles. The molecule has 56 valence electrons. The Morgan fingerprint density at radius 1 is 1.36 bits per heavy atom. The molecule has 0 nitrogen and oxygen atoms in total. The highest BCUT2D eigenvalue weighted by Gasteiger charge is 2.03. The summed E-state index contributed by atoms with van der Waals surface area (Å²) in [6, 6.07) is 6.39. The van der Waals surface area contributed by atoms with Crippen molar-refractivity contribution < 1.29 is 0 Å². The maximum atomic E-state index is 3.45. The van der Waals surface area contributed by atoms with Crippen LogP contribution in [0.3, 0.4) is 0 Å². The number of hydrogen-bond acceptors (Lipinski definition) is 1. The maximum absolute atomic E-state index is 3.45. The third kappa shape index (κ3) is 1.52. The first kappa shape index (κ1) is 7.44. The van der Waals surface area contributed by atoms with Crippen LogP contribution < -0.4 is 0 Å². The molecule has 1 aromatic rings. The van der Waals surface area contributed by atoms with Crippen LogP contribution in [0, 0.1) is 0 Å². The Bertz CT molecular complexity index is 304.